The fourth-order valence-corrected chi connectivity index (χ4v) is 2.94. The van der Waals surface area contributed by atoms with E-state index >= 15 is 0 Å². The molecule has 2 heterocycles. The van der Waals surface area contributed by atoms with Crippen molar-refractivity contribution in [2.45, 2.75) is 17.6 Å². The lowest BCUT2D eigenvalue weighted by atomic mass is 10.3. The summed E-state index contributed by atoms with van der Waals surface area (Å²) in [6.07, 6.45) is 3.64. The van der Waals surface area contributed by atoms with Crippen molar-refractivity contribution in [1.82, 2.24) is 15.0 Å². The molecule has 2 aromatic heterocycles. The number of aromatic nitrogens is 3. The Labute approximate surface area is 139 Å². The molecule has 0 unspecified atom stereocenters. The molecule has 6 heteroatoms. The third kappa shape index (κ3) is 4.43. The molecule has 0 saturated heterocycles. The molecule has 3 N–H and O–H groups in total. The highest BCUT2D eigenvalue weighted by atomic mass is 32.2. The Bertz CT molecular complexity index is 754. The minimum atomic E-state index is 0.275. The summed E-state index contributed by atoms with van der Waals surface area (Å²) in [5, 5.41) is 3.24. The van der Waals surface area contributed by atoms with Crippen molar-refractivity contribution in [3.8, 4) is 0 Å². The Morgan fingerprint density at radius 3 is 2.48 bits per heavy atom. The Kier molecular flexibility index (Phi) is 4.73. The molecule has 0 aliphatic carbocycles. The van der Waals surface area contributed by atoms with Crippen LogP contribution >= 0.6 is 11.8 Å². The SMILES string of the molecule is Cc1cc(Nc2ccc(SCc3ccncc3)cc2)nc(N)n1. The quantitative estimate of drug-likeness (QED) is 0.696. The van der Waals surface area contributed by atoms with Crippen molar-refractivity contribution >= 4 is 29.2 Å². The van der Waals surface area contributed by atoms with Crippen LogP contribution in [0.1, 0.15) is 11.3 Å². The molecule has 0 atom stereocenters. The molecular formula is C17H17N5S. The monoisotopic (exact) mass is 323 g/mol. The largest absolute Gasteiger partial charge is 0.368 e. The van der Waals surface area contributed by atoms with E-state index in [-0.39, 0.29) is 5.95 Å². The summed E-state index contributed by atoms with van der Waals surface area (Å²) >= 11 is 1.79. The predicted octanol–water partition coefficient (Wildman–Crippen LogP) is 3.80. The molecule has 5 nitrogen and oxygen atoms in total. The van der Waals surface area contributed by atoms with Crippen LogP contribution in [0.15, 0.2) is 59.8 Å². The second kappa shape index (κ2) is 7.11. The molecule has 0 radical (unpaired) electrons. The number of nitrogen functional groups attached to an aromatic ring is 1. The predicted molar refractivity (Wildman–Crippen MR) is 94.7 cm³/mol. The van der Waals surface area contributed by atoms with Crippen LogP contribution in [0.5, 0.6) is 0 Å². The molecule has 0 fully saturated rings. The highest BCUT2D eigenvalue weighted by Gasteiger charge is 2.01. The van der Waals surface area contributed by atoms with Gasteiger partial charge in [-0.25, -0.2) is 4.98 Å². The average molecular weight is 323 g/mol. The van der Waals surface area contributed by atoms with Crippen LogP contribution in [0.2, 0.25) is 0 Å². The lowest BCUT2D eigenvalue weighted by molar-refractivity contribution is 1.12. The van der Waals surface area contributed by atoms with E-state index in [2.05, 4.69) is 32.4 Å². The summed E-state index contributed by atoms with van der Waals surface area (Å²) in [6.45, 7) is 1.89. The van der Waals surface area contributed by atoms with Gasteiger partial charge < -0.3 is 11.1 Å². The number of nitrogens with one attached hydrogen (secondary N) is 1. The van der Waals surface area contributed by atoms with Crippen LogP contribution in [0, 0.1) is 6.92 Å². The van der Waals surface area contributed by atoms with Crippen LogP contribution < -0.4 is 11.1 Å². The maximum atomic E-state index is 5.66. The summed E-state index contributed by atoms with van der Waals surface area (Å²) in [7, 11) is 0. The van der Waals surface area contributed by atoms with E-state index in [1.54, 1.807) is 11.8 Å². The first-order valence-electron chi connectivity index (χ1n) is 7.19. The topological polar surface area (TPSA) is 76.7 Å². The molecule has 0 amide bonds. The lowest BCUT2D eigenvalue weighted by Crippen LogP contribution is -2.01. The van der Waals surface area contributed by atoms with Gasteiger partial charge in [0.15, 0.2) is 0 Å². The number of rotatable bonds is 5. The van der Waals surface area contributed by atoms with Crippen molar-refractivity contribution in [2.75, 3.05) is 11.1 Å². The fraction of sp³-hybridized carbons (Fsp3) is 0.118. The minimum absolute atomic E-state index is 0.275. The van der Waals surface area contributed by atoms with Crippen molar-refractivity contribution in [3.63, 3.8) is 0 Å². The highest BCUT2D eigenvalue weighted by molar-refractivity contribution is 7.98. The van der Waals surface area contributed by atoms with Crippen LogP contribution in [0.25, 0.3) is 0 Å². The van der Waals surface area contributed by atoms with Gasteiger partial charge in [0.05, 0.1) is 0 Å². The van der Waals surface area contributed by atoms with Crippen LogP contribution in [0.4, 0.5) is 17.5 Å². The molecule has 23 heavy (non-hydrogen) atoms. The molecule has 3 aromatic rings. The maximum Gasteiger partial charge on any atom is 0.222 e. The summed E-state index contributed by atoms with van der Waals surface area (Å²) in [5.41, 5.74) is 8.73. The zero-order valence-electron chi connectivity index (χ0n) is 12.7. The standard InChI is InChI=1S/C17H17N5S/c1-12-10-16(22-17(18)20-12)21-14-2-4-15(5-3-14)23-11-13-6-8-19-9-7-13/h2-10H,11H2,1H3,(H3,18,20,21,22). The van der Waals surface area contributed by atoms with Crippen molar-refractivity contribution in [2.24, 2.45) is 0 Å². The number of nitrogens with zero attached hydrogens (tertiary/aromatic N) is 3. The van der Waals surface area contributed by atoms with Gasteiger partial charge in [0.1, 0.15) is 5.82 Å². The van der Waals surface area contributed by atoms with E-state index in [9.17, 15) is 0 Å². The Morgan fingerprint density at radius 2 is 1.78 bits per heavy atom. The molecule has 116 valence electrons. The van der Waals surface area contributed by atoms with Crippen LogP contribution in [-0.2, 0) is 5.75 Å². The lowest BCUT2D eigenvalue weighted by Gasteiger charge is -2.08. The van der Waals surface area contributed by atoms with Gasteiger partial charge in [-0.15, -0.1) is 11.8 Å². The Morgan fingerprint density at radius 1 is 1.04 bits per heavy atom. The number of benzene rings is 1. The van der Waals surface area contributed by atoms with Gasteiger partial charge in [0.2, 0.25) is 5.95 Å². The number of anilines is 3. The van der Waals surface area contributed by atoms with E-state index in [4.69, 9.17) is 5.73 Å². The first kappa shape index (κ1) is 15.3. The number of nitrogens with two attached hydrogens (primary N) is 1. The van der Waals surface area contributed by atoms with E-state index in [0.717, 1.165) is 17.1 Å². The molecule has 0 spiro atoms. The molecule has 0 aliphatic rings. The van der Waals surface area contributed by atoms with Gasteiger partial charge in [-0.3, -0.25) is 4.98 Å². The Hall–Kier alpha value is -2.60. The molecular weight excluding hydrogens is 306 g/mol. The maximum absolute atomic E-state index is 5.66. The fourth-order valence-electron chi connectivity index (χ4n) is 2.08. The van der Waals surface area contributed by atoms with Gasteiger partial charge in [-0.1, -0.05) is 0 Å². The third-order valence-corrected chi connectivity index (χ3v) is 4.24. The number of aryl methyl sites for hydroxylation is 1. The molecule has 0 saturated carbocycles. The van der Waals surface area contributed by atoms with Gasteiger partial charge in [0.25, 0.3) is 0 Å². The number of pyridine rings is 1. The minimum Gasteiger partial charge on any atom is -0.368 e. The highest BCUT2D eigenvalue weighted by Crippen LogP contribution is 2.25. The van der Waals surface area contributed by atoms with Crippen molar-refractivity contribution in [3.05, 3.63) is 66.1 Å². The van der Waals surface area contributed by atoms with Crippen molar-refractivity contribution in [1.29, 1.82) is 0 Å². The van der Waals surface area contributed by atoms with Gasteiger partial charge in [0, 0.05) is 40.5 Å². The third-order valence-electron chi connectivity index (χ3n) is 3.15. The number of thioether (sulfide) groups is 1. The summed E-state index contributed by atoms with van der Waals surface area (Å²) in [4.78, 5) is 13.5. The zero-order chi connectivity index (χ0) is 16.1. The van der Waals surface area contributed by atoms with E-state index in [1.165, 1.54) is 10.5 Å². The number of hydrogen-bond donors (Lipinski definition) is 2. The first-order chi connectivity index (χ1) is 11.2. The average Bonchev–Trinajstić information content (AvgIpc) is 2.54. The van der Waals surface area contributed by atoms with E-state index in [0.29, 0.717) is 5.82 Å². The molecule has 1 aromatic carbocycles. The normalized spacial score (nSPS) is 10.5. The summed E-state index contributed by atoms with van der Waals surface area (Å²) in [6, 6.07) is 14.2. The summed E-state index contributed by atoms with van der Waals surface area (Å²) in [5.74, 6) is 1.90. The van der Waals surface area contributed by atoms with Crippen molar-refractivity contribution < 1.29 is 0 Å². The van der Waals surface area contributed by atoms with Gasteiger partial charge in [-0.2, -0.15) is 4.98 Å². The van der Waals surface area contributed by atoms with E-state index in [1.807, 2.05) is 49.6 Å². The van der Waals surface area contributed by atoms with Gasteiger partial charge in [-0.05, 0) is 48.9 Å². The van der Waals surface area contributed by atoms with Crippen LogP contribution in [0.3, 0.4) is 0 Å². The molecule has 3 rings (SSSR count). The number of hydrogen-bond acceptors (Lipinski definition) is 6. The van der Waals surface area contributed by atoms with E-state index < -0.39 is 0 Å². The van der Waals surface area contributed by atoms with Crippen LogP contribution in [-0.4, -0.2) is 15.0 Å². The Balaban J connectivity index is 1.62. The van der Waals surface area contributed by atoms with Gasteiger partial charge >= 0.3 is 0 Å². The first-order valence-corrected chi connectivity index (χ1v) is 8.17. The second-order valence-corrected chi connectivity index (χ2v) is 6.10. The smallest absolute Gasteiger partial charge is 0.222 e. The summed E-state index contributed by atoms with van der Waals surface area (Å²) < 4.78 is 0. The second-order valence-electron chi connectivity index (χ2n) is 5.05. The molecule has 0 aliphatic heterocycles. The molecule has 0 bridgehead atoms. The zero-order valence-corrected chi connectivity index (χ0v) is 13.5.